The molecule has 23 heavy (non-hydrogen) atoms. The van der Waals surface area contributed by atoms with Crippen LogP contribution in [0, 0.1) is 5.92 Å². The lowest BCUT2D eigenvalue weighted by molar-refractivity contribution is -0.132. The highest BCUT2D eigenvalue weighted by Crippen LogP contribution is 2.19. The van der Waals surface area contributed by atoms with Crippen molar-refractivity contribution in [1.82, 2.24) is 9.79 Å². The zero-order valence-corrected chi connectivity index (χ0v) is 14.0. The number of hydrogen-bond acceptors (Lipinski definition) is 4. The minimum absolute atomic E-state index is 0.242. The molecular weight excluding hydrogens is 316 g/mol. The van der Waals surface area contributed by atoms with Gasteiger partial charge in [-0.25, -0.2) is 18.2 Å². The van der Waals surface area contributed by atoms with Crippen LogP contribution in [0.5, 0.6) is 0 Å². The molecule has 0 bridgehead atoms. The monoisotopic (exact) mass is 340 g/mol. The van der Waals surface area contributed by atoms with E-state index >= 15 is 0 Å². The van der Waals surface area contributed by atoms with E-state index in [0.717, 1.165) is 24.8 Å². The predicted octanol–water partition coefficient (Wildman–Crippen LogP) is 1.56. The molecule has 2 N–H and O–H groups in total. The van der Waals surface area contributed by atoms with Crippen LogP contribution >= 0.6 is 0 Å². The fraction of sp³-hybridized carbons (Fsp3) is 0.562. The van der Waals surface area contributed by atoms with E-state index in [0.29, 0.717) is 25.9 Å². The lowest BCUT2D eigenvalue weighted by Gasteiger charge is -2.20. The maximum atomic E-state index is 12.4. The molecule has 0 radical (unpaired) electrons. The highest BCUT2D eigenvalue weighted by atomic mass is 32.2. The highest BCUT2D eigenvalue weighted by Gasteiger charge is 2.31. The van der Waals surface area contributed by atoms with Crippen molar-refractivity contribution in [3.05, 3.63) is 35.9 Å². The second-order valence-electron chi connectivity index (χ2n) is 5.94. The van der Waals surface area contributed by atoms with Gasteiger partial charge in [-0.05, 0) is 37.7 Å². The average Bonchev–Trinajstić information content (AvgIpc) is 3.09. The lowest BCUT2D eigenvalue weighted by atomic mass is 10.0. The van der Waals surface area contributed by atoms with Crippen molar-refractivity contribution in [2.45, 2.75) is 32.1 Å². The fourth-order valence-electron chi connectivity index (χ4n) is 2.90. The van der Waals surface area contributed by atoms with Crippen LogP contribution in [0.15, 0.2) is 30.3 Å². The Morgan fingerprint density at radius 2 is 1.87 bits per heavy atom. The molecule has 0 aliphatic carbocycles. The number of aryl methyl sites for hydroxylation is 1. The van der Waals surface area contributed by atoms with E-state index < -0.39 is 21.8 Å². The van der Waals surface area contributed by atoms with Gasteiger partial charge < -0.3 is 0 Å². The summed E-state index contributed by atoms with van der Waals surface area (Å²) >= 11 is 0. The molecule has 6 nitrogen and oxygen atoms in total. The van der Waals surface area contributed by atoms with E-state index in [1.54, 1.807) is 5.48 Å². The molecule has 128 valence electrons. The van der Waals surface area contributed by atoms with Crippen LogP contribution in [0.3, 0.4) is 0 Å². The summed E-state index contributed by atoms with van der Waals surface area (Å²) < 4.78 is 26.2. The van der Waals surface area contributed by atoms with Gasteiger partial charge in [-0.3, -0.25) is 10.0 Å². The molecule has 1 heterocycles. The van der Waals surface area contributed by atoms with Gasteiger partial charge in [0.1, 0.15) is 0 Å². The van der Waals surface area contributed by atoms with Gasteiger partial charge in [0.15, 0.2) is 0 Å². The molecule has 0 saturated carbocycles. The number of sulfonamides is 1. The molecule has 0 aromatic heterocycles. The van der Waals surface area contributed by atoms with Crippen LogP contribution in [0.4, 0.5) is 0 Å². The van der Waals surface area contributed by atoms with Crippen molar-refractivity contribution < 1.29 is 18.4 Å². The van der Waals surface area contributed by atoms with Crippen LogP contribution in [-0.4, -0.2) is 42.7 Å². The second kappa shape index (κ2) is 8.42. The van der Waals surface area contributed by atoms with E-state index in [-0.39, 0.29) is 5.75 Å². The van der Waals surface area contributed by atoms with Crippen molar-refractivity contribution >= 4 is 15.9 Å². The first-order valence-corrected chi connectivity index (χ1v) is 9.59. The Kier molecular flexibility index (Phi) is 6.56. The van der Waals surface area contributed by atoms with Gasteiger partial charge >= 0.3 is 0 Å². The third-order valence-electron chi connectivity index (χ3n) is 4.21. The summed E-state index contributed by atoms with van der Waals surface area (Å²) in [5.74, 6) is -1.59. The Bertz CT molecular complexity index is 598. The van der Waals surface area contributed by atoms with E-state index in [9.17, 15) is 13.2 Å². The van der Waals surface area contributed by atoms with Crippen molar-refractivity contribution in [3.63, 3.8) is 0 Å². The molecule has 1 fully saturated rings. The third kappa shape index (κ3) is 5.30. The predicted molar refractivity (Wildman–Crippen MR) is 87.4 cm³/mol. The summed E-state index contributed by atoms with van der Waals surface area (Å²) in [7, 11) is -3.45. The van der Waals surface area contributed by atoms with Crippen LogP contribution in [-0.2, 0) is 21.2 Å². The van der Waals surface area contributed by atoms with E-state index in [1.165, 1.54) is 4.31 Å². The maximum Gasteiger partial charge on any atom is 0.247 e. The van der Waals surface area contributed by atoms with Gasteiger partial charge in [-0.2, -0.15) is 0 Å². The van der Waals surface area contributed by atoms with Gasteiger partial charge in [0, 0.05) is 13.1 Å². The number of carbonyl (C=O) groups excluding carboxylic acids is 1. The van der Waals surface area contributed by atoms with Gasteiger partial charge in [-0.1, -0.05) is 30.3 Å². The van der Waals surface area contributed by atoms with Gasteiger partial charge in [0.05, 0.1) is 11.7 Å². The average molecular weight is 340 g/mol. The summed E-state index contributed by atoms with van der Waals surface area (Å²) in [5, 5.41) is 8.88. The topological polar surface area (TPSA) is 86.7 Å². The summed E-state index contributed by atoms with van der Waals surface area (Å²) in [6.07, 6.45) is 3.62. The molecule has 1 saturated heterocycles. The Hall–Kier alpha value is -1.44. The molecule has 1 aliphatic rings. The Labute approximate surface area is 137 Å². The first-order valence-electron chi connectivity index (χ1n) is 7.98. The first-order chi connectivity index (χ1) is 11.0. The molecular formula is C16H24N2O4S. The number of amides is 1. The smallest absolute Gasteiger partial charge is 0.247 e. The van der Waals surface area contributed by atoms with Gasteiger partial charge in [-0.15, -0.1) is 0 Å². The molecule has 0 spiro atoms. The van der Waals surface area contributed by atoms with Crippen LogP contribution in [0.2, 0.25) is 0 Å². The maximum absolute atomic E-state index is 12.4. The van der Waals surface area contributed by atoms with Crippen molar-refractivity contribution in [2.75, 3.05) is 18.8 Å². The largest absolute Gasteiger partial charge is 0.289 e. The van der Waals surface area contributed by atoms with E-state index in [2.05, 4.69) is 0 Å². The fourth-order valence-corrected chi connectivity index (χ4v) is 4.76. The van der Waals surface area contributed by atoms with E-state index in [4.69, 9.17) is 5.21 Å². The van der Waals surface area contributed by atoms with Gasteiger partial charge in [0.25, 0.3) is 0 Å². The lowest BCUT2D eigenvalue weighted by Crippen LogP contribution is -2.38. The van der Waals surface area contributed by atoms with Crippen molar-refractivity contribution in [1.29, 1.82) is 0 Å². The number of nitrogens with one attached hydrogen (secondary N) is 1. The summed E-state index contributed by atoms with van der Waals surface area (Å²) in [4.78, 5) is 11.8. The molecule has 7 heteroatoms. The Balaban J connectivity index is 1.92. The summed E-state index contributed by atoms with van der Waals surface area (Å²) in [6, 6.07) is 9.84. The standard InChI is InChI=1S/C16H24N2O4S/c19-16(17-20)15(10-6-9-14-7-2-1-3-8-14)13-23(21,22)18-11-4-5-12-18/h1-3,7-8,15,20H,4-6,9-13H2,(H,17,19). The molecule has 1 aromatic carbocycles. The minimum Gasteiger partial charge on any atom is -0.289 e. The normalized spacial score (nSPS) is 17.1. The SMILES string of the molecule is O=C(NO)C(CCCc1ccccc1)CS(=O)(=O)N1CCCC1. The Morgan fingerprint density at radius 1 is 1.22 bits per heavy atom. The van der Waals surface area contributed by atoms with Crippen LogP contribution < -0.4 is 5.48 Å². The van der Waals surface area contributed by atoms with Crippen LogP contribution in [0.1, 0.15) is 31.2 Å². The zero-order chi connectivity index (χ0) is 16.7. The molecule has 2 rings (SSSR count). The number of hydroxylamine groups is 1. The number of nitrogens with zero attached hydrogens (tertiary/aromatic N) is 1. The molecule has 1 aromatic rings. The number of rotatable bonds is 8. The van der Waals surface area contributed by atoms with Gasteiger partial charge in [0.2, 0.25) is 15.9 Å². The molecule has 1 unspecified atom stereocenters. The minimum atomic E-state index is -3.45. The summed E-state index contributed by atoms with van der Waals surface area (Å²) in [5.41, 5.74) is 2.76. The molecule has 1 aliphatic heterocycles. The molecule has 1 atom stereocenters. The van der Waals surface area contributed by atoms with Crippen molar-refractivity contribution in [2.24, 2.45) is 5.92 Å². The highest BCUT2D eigenvalue weighted by molar-refractivity contribution is 7.89. The number of benzene rings is 1. The third-order valence-corrected chi connectivity index (χ3v) is 6.19. The van der Waals surface area contributed by atoms with Crippen molar-refractivity contribution in [3.8, 4) is 0 Å². The zero-order valence-electron chi connectivity index (χ0n) is 13.1. The first kappa shape index (κ1) is 17.9. The van der Waals surface area contributed by atoms with Crippen LogP contribution in [0.25, 0.3) is 0 Å². The quantitative estimate of drug-likeness (QED) is 0.555. The number of hydrogen-bond donors (Lipinski definition) is 2. The van der Waals surface area contributed by atoms with E-state index in [1.807, 2.05) is 30.3 Å². The number of carbonyl (C=O) groups is 1. The molecule has 1 amide bonds. The Morgan fingerprint density at radius 3 is 2.48 bits per heavy atom. The summed E-state index contributed by atoms with van der Waals surface area (Å²) in [6.45, 7) is 1.06. The second-order valence-corrected chi connectivity index (χ2v) is 7.95.